The molecular formula is C12H17NO2. The highest BCUT2D eigenvalue weighted by molar-refractivity contribution is 5.84. The Balaban J connectivity index is 2.30. The molecule has 0 spiro atoms. The zero-order valence-electron chi connectivity index (χ0n) is 9.27. The van der Waals surface area contributed by atoms with Crippen LogP contribution in [0.3, 0.4) is 0 Å². The lowest BCUT2D eigenvalue weighted by Crippen LogP contribution is -2.08. The Morgan fingerprint density at radius 1 is 1.27 bits per heavy atom. The molecule has 0 saturated carbocycles. The number of hydrogen-bond donors (Lipinski definition) is 0. The third-order valence-electron chi connectivity index (χ3n) is 2.01. The predicted octanol–water partition coefficient (Wildman–Crippen LogP) is 2.62. The fraction of sp³-hybridized carbons (Fsp3) is 0.417. The topological polar surface area (TPSA) is 30.8 Å². The zero-order chi connectivity index (χ0) is 10.9. The summed E-state index contributed by atoms with van der Waals surface area (Å²) >= 11 is 0. The molecule has 0 heterocycles. The van der Waals surface area contributed by atoms with Gasteiger partial charge >= 0.3 is 0 Å². The SMILES string of the molecule is CC/C(COCc1ccccc1)=N/OC. The van der Waals surface area contributed by atoms with Crippen molar-refractivity contribution < 1.29 is 9.57 Å². The summed E-state index contributed by atoms with van der Waals surface area (Å²) in [7, 11) is 1.55. The first kappa shape index (κ1) is 11.7. The molecule has 0 aliphatic heterocycles. The number of hydrogen-bond acceptors (Lipinski definition) is 3. The molecule has 0 amide bonds. The van der Waals surface area contributed by atoms with E-state index in [0.29, 0.717) is 13.2 Å². The van der Waals surface area contributed by atoms with Crippen LogP contribution >= 0.6 is 0 Å². The van der Waals surface area contributed by atoms with E-state index >= 15 is 0 Å². The number of rotatable bonds is 6. The van der Waals surface area contributed by atoms with Crippen LogP contribution in [0.25, 0.3) is 0 Å². The molecule has 82 valence electrons. The maximum absolute atomic E-state index is 5.51. The van der Waals surface area contributed by atoms with Gasteiger partial charge in [-0.2, -0.15) is 0 Å². The molecule has 0 saturated heterocycles. The number of oxime groups is 1. The minimum Gasteiger partial charge on any atom is -0.399 e. The highest BCUT2D eigenvalue weighted by Crippen LogP contribution is 2.01. The largest absolute Gasteiger partial charge is 0.399 e. The fourth-order valence-corrected chi connectivity index (χ4v) is 1.18. The van der Waals surface area contributed by atoms with Crippen LogP contribution in [0.5, 0.6) is 0 Å². The summed E-state index contributed by atoms with van der Waals surface area (Å²) in [5, 5.41) is 3.87. The third-order valence-corrected chi connectivity index (χ3v) is 2.01. The van der Waals surface area contributed by atoms with E-state index in [0.717, 1.165) is 12.1 Å². The Hall–Kier alpha value is -1.35. The second-order valence-electron chi connectivity index (χ2n) is 3.17. The Morgan fingerprint density at radius 2 is 2.00 bits per heavy atom. The van der Waals surface area contributed by atoms with Crippen molar-refractivity contribution in [1.29, 1.82) is 0 Å². The Labute approximate surface area is 90.7 Å². The van der Waals surface area contributed by atoms with Gasteiger partial charge in [-0.15, -0.1) is 0 Å². The van der Waals surface area contributed by atoms with E-state index < -0.39 is 0 Å². The van der Waals surface area contributed by atoms with Crippen LogP contribution in [0, 0.1) is 0 Å². The summed E-state index contributed by atoms with van der Waals surface area (Å²) in [4.78, 5) is 4.71. The van der Waals surface area contributed by atoms with E-state index in [2.05, 4.69) is 5.16 Å². The van der Waals surface area contributed by atoms with Crippen LogP contribution in [0.2, 0.25) is 0 Å². The molecule has 0 radical (unpaired) electrons. The summed E-state index contributed by atoms with van der Waals surface area (Å²) in [6, 6.07) is 10.1. The summed E-state index contributed by atoms with van der Waals surface area (Å²) < 4.78 is 5.51. The van der Waals surface area contributed by atoms with E-state index in [1.165, 1.54) is 5.56 Å². The molecule has 0 aromatic heterocycles. The summed E-state index contributed by atoms with van der Waals surface area (Å²) in [5.41, 5.74) is 2.10. The monoisotopic (exact) mass is 207 g/mol. The molecule has 0 aliphatic carbocycles. The molecule has 3 nitrogen and oxygen atoms in total. The van der Waals surface area contributed by atoms with Gasteiger partial charge in [-0.05, 0) is 12.0 Å². The number of benzene rings is 1. The Bertz CT molecular complexity index is 296. The second kappa shape index (κ2) is 7.01. The van der Waals surface area contributed by atoms with Gasteiger partial charge in [0.05, 0.1) is 18.9 Å². The fourth-order valence-electron chi connectivity index (χ4n) is 1.18. The molecule has 3 heteroatoms. The smallest absolute Gasteiger partial charge is 0.106 e. The molecule has 1 rings (SSSR count). The maximum Gasteiger partial charge on any atom is 0.106 e. The lowest BCUT2D eigenvalue weighted by molar-refractivity contribution is 0.149. The van der Waals surface area contributed by atoms with Crippen molar-refractivity contribution in [1.82, 2.24) is 0 Å². The lowest BCUT2D eigenvalue weighted by atomic mass is 10.2. The molecule has 0 unspecified atom stereocenters. The summed E-state index contributed by atoms with van der Waals surface area (Å²) in [6.07, 6.45) is 0.850. The van der Waals surface area contributed by atoms with E-state index in [1.807, 2.05) is 37.3 Å². The Morgan fingerprint density at radius 3 is 2.60 bits per heavy atom. The quantitative estimate of drug-likeness (QED) is 0.530. The van der Waals surface area contributed by atoms with Crippen LogP contribution < -0.4 is 0 Å². The van der Waals surface area contributed by atoms with E-state index in [-0.39, 0.29) is 0 Å². The van der Waals surface area contributed by atoms with Gasteiger partial charge in [-0.1, -0.05) is 42.4 Å². The zero-order valence-corrected chi connectivity index (χ0v) is 9.27. The first-order valence-corrected chi connectivity index (χ1v) is 5.07. The summed E-state index contributed by atoms with van der Waals surface area (Å²) in [6.45, 7) is 3.17. The standard InChI is InChI=1S/C12H17NO2/c1-3-12(13-14-2)10-15-9-11-7-5-4-6-8-11/h4-8H,3,9-10H2,1-2H3/b13-12-. The van der Waals surface area contributed by atoms with Gasteiger partial charge in [0.2, 0.25) is 0 Å². The van der Waals surface area contributed by atoms with Crippen molar-refractivity contribution in [2.75, 3.05) is 13.7 Å². The van der Waals surface area contributed by atoms with Crippen LogP contribution in [-0.2, 0) is 16.2 Å². The van der Waals surface area contributed by atoms with E-state index in [9.17, 15) is 0 Å². The van der Waals surface area contributed by atoms with E-state index in [4.69, 9.17) is 9.57 Å². The molecule has 1 aromatic carbocycles. The molecule has 1 aromatic rings. The average Bonchev–Trinajstić information content (AvgIpc) is 2.29. The molecule has 0 fully saturated rings. The summed E-state index contributed by atoms with van der Waals surface area (Å²) in [5.74, 6) is 0. The van der Waals surface area contributed by atoms with Crippen LogP contribution in [0.15, 0.2) is 35.5 Å². The van der Waals surface area contributed by atoms with Crippen LogP contribution in [0.1, 0.15) is 18.9 Å². The third kappa shape index (κ3) is 4.61. The molecule has 0 N–H and O–H groups in total. The van der Waals surface area contributed by atoms with Crippen molar-refractivity contribution in [3.63, 3.8) is 0 Å². The first-order chi connectivity index (χ1) is 7.36. The van der Waals surface area contributed by atoms with Gasteiger partial charge in [0.1, 0.15) is 7.11 Å². The second-order valence-corrected chi connectivity index (χ2v) is 3.17. The predicted molar refractivity (Wildman–Crippen MR) is 60.8 cm³/mol. The van der Waals surface area contributed by atoms with Crippen LogP contribution in [-0.4, -0.2) is 19.4 Å². The van der Waals surface area contributed by atoms with E-state index in [1.54, 1.807) is 7.11 Å². The minimum absolute atomic E-state index is 0.527. The van der Waals surface area contributed by atoms with Gasteiger partial charge in [0, 0.05) is 0 Å². The van der Waals surface area contributed by atoms with Crippen molar-refractivity contribution in [2.45, 2.75) is 20.0 Å². The van der Waals surface area contributed by atoms with Crippen molar-refractivity contribution in [3.05, 3.63) is 35.9 Å². The van der Waals surface area contributed by atoms with Crippen LogP contribution in [0.4, 0.5) is 0 Å². The number of nitrogens with zero attached hydrogens (tertiary/aromatic N) is 1. The molecule has 0 bridgehead atoms. The molecule has 0 atom stereocenters. The van der Waals surface area contributed by atoms with Gasteiger partial charge in [0.25, 0.3) is 0 Å². The highest BCUT2D eigenvalue weighted by atomic mass is 16.6. The minimum atomic E-state index is 0.527. The maximum atomic E-state index is 5.51. The Kier molecular flexibility index (Phi) is 5.48. The molecule has 0 aliphatic rings. The molecule has 15 heavy (non-hydrogen) atoms. The van der Waals surface area contributed by atoms with Crippen molar-refractivity contribution in [2.24, 2.45) is 5.16 Å². The van der Waals surface area contributed by atoms with Gasteiger partial charge in [0.15, 0.2) is 0 Å². The van der Waals surface area contributed by atoms with Crippen molar-refractivity contribution >= 4 is 5.71 Å². The van der Waals surface area contributed by atoms with Crippen molar-refractivity contribution in [3.8, 4) is 0 Å². The molecular weight excluding hydrogens is 190 g/mol. The lowest BCUT2D eigenvalue weighted by Gasteiger charge is -2.05. The van der Waals surface area contributed by atoms with Gasteiger partial charge < -0.3 is 9.57 Å². The van der Waals surface area contributed by atoms with Gasteiger partial charge in [-0.25, -0.2) is 0 Å². The van der Waals surface area contributed by atoms with Gasteiger partial charge in [-0.3, -0.25) is 0 Å². The highest BCUT2D eigenvalue weighted by Gasteiger charge is 1.98. The number of ether oxygens (including phenoxy) is 1. The normalized spacial score (nSPS) is 11.5. The first-order valence-electron chi connectivity index (χ1n) is 5.07. The average molecular weight is 207 g/mol.